The highest BCUT2D eigenvalue weighted by Crippen LogP contribution is 2.32. The summed E-state index contributed by atoms with van der Waals surface area (Å²) in [5, 5.41) is 10.6. The van der Waals surface area contributed by atoms with Crippen molar-refractivity contribution < 1.29 is 13.5 Å². The number of aromatic nitrogens is 1. The van der Waals surface area contributed by atoms with Gasteiger partial charge in [-0.3, -0.25) is 4.98 Å². The van der Waals surface area contributed by atoms with Crippen molar-refractivity contribution in [2.24, 2.45) is 5.92 Å². The van der Waals surface area contributed by atoms with Crippen molar-refractivity contribution in [3.05, 3.63) is 36.0 Å². The highest BCUT2D eigenvalue weighted by atomic mass is 32.2. The Kier molecular flexibility index (Phi) is 3.69. The maximum absolute atomic E-state index is 12.4. The van der Waals surface area contributed by atoms with E-state index in [1.165, 1.54) is 6.07 Å². The van der Waals surface area contributed by atoms with Gasteiger partial charge in [-0.15, -0.1) is 0 Å². The van der Waals surface area contributed by atoms with Crippen molar-refractivity contribution in [1.82, 2.24) is 9.71 Å². The number of aliphatic hydroxyl groups is 1. The number of aliphatic hydroxyl groups excluding tert-OH is 1. The summed E-state index contributed by atoms with van der Waals surface area (Å²) < 4.78 is 27.3. The largest absolute Gasteiger partial charge is 0.391 e. The average Bonchev–Trinajstić information content (AvgIpc) is 3.28. The van der Waals surface area contributed by atoms with E-state index >= 15 is 0 Å². The minimum absolute atomic E-state index is 0.0508. The number of fused-ring (bicyclic) bond motifs is 1. The molecule has 0 radical (unpaired) electrons. The Morgan fingerprint density at radius 1 is 1.43 bits per heavy atom. The third-order valence-corrected chi connectivity index (χ3v) is 5.20. The Bertz CT molecular complexity index is 770. The molecule has 0 amide bonds. The number of benzene rings is 1. The van der Waals surface area contributed by atoms with Crippen LogP contribution in [0.5, 0.6) is 0 Å². The van der Waals surface area contributed by atoms with E-state index in [1.54, 1.807) is 12.3 Å². The monoisotopic (exact) mass is 306 g/mol. The predicted molar refractivity (Wildman–Crippen MR) is 80.4 cm³/mol. The number of para-hydroxylation sites is 1. The van der Waals surface area contributed by atoms with Gasteiger partial charge >= 0.3 is 0 Å². The first-order valence-electron chi connectivity index (χ1n) is 7.00. The lowest BCUT2D eigenvalue weighted by Gasteiger charge is -2.12. The number of nitrogens with one attached hydrogen (secondary N) is 1. The molecule has 21 heavy (non-hydrogen) atoms. The zero-order valence-electron chi connectivity index (χ0n) is 11.8. The summed E-state index contributed by atoms with van der Waals surface area (Å²) in [5.74, 6) is 0.237. The third-order valence-electron chi connectivity index (χ3n) is 3.75. The summed E-state index contributed by atoms with van der Waals surface area (Å²) in [6.07, 6.45) is 2.99. The van der Waals surface area contributed by atoms with Gasteiger partial charge < -0.3 is 5.11 Å². The van der Waals surface area contributed by atoms with Crippen molar-refractivity contribution >= 4 is 20.9 Å². The van der Waals surface area contributed by atoms with Gasteiger partial charge in [0.25, 0.3) is 0 Å². The van der Waals surface area contributed by atoms with Crippen LogP contribution in [0.2, 0.25) is 0 Å². The molecule has 1 aromatic heterocycles. The second-order valence-electron chi connectivity index (χ2n) is 5.60. The first-order chi connectivity index (χ1) is 9.97. The summed E-state index contributed by atoms with van der Waals surface area (Å²) >= 11 is 0. The van der Waals surface area contributed by atoms with Gasteiger partial charge in [0, 0.05) is 18.1 Å². The van der Waals surface area contributed by atoms with E-state index in [1.807, 2.05) is 19.1 Å². The Labute approximate surface area is 124 Å². The molecule has 112 valence electrons. The van der Waals surface area contributed by atoms with Gasteiger partial charge in [-0.25, -0.2) is 13.1 Å². The maximum atomic E-state index is 12.4. The first kappa shape index (κ1) is 14.4. The molecular formula is C15H18N2O3S. The normalized spacial score (nSPS) is 17.0. The summed E-state index contributed by atoms with van der Waals surface area (Å²) in [5.41, 5.74) is 1.44. The lowest BCUT2D eigenvalue weighted by molar-refractivity contribution is 0.155. The van der Waals surface area contributed by atoms with E-state index < -0.39 is 16.1 Å². The molecule has 1 atom stereocenters. The predicted octanol–water partition coefficient (Wildman–Crippen LogP) is 1.59. The molecule has 2 aromatic rings. The van der Waals surface area contributed by atoms with Crippen LogP contribution in [0.25, 0.3) is 10.9 Å². The van der Waals surface area contributed by atoms with Crippen LogP contribution in [-0.4, -0.2) is 31.2 Å². The fourth-order valence-electron chi connectivity index (χ4n) is 2.38. The van der Waals surface area contributed by atoms with Crippen molar-refractivity contribution in [2.45, 2.75) is 30.8 Å². The molecule has 1 aromatic carbocycles. The van der Waals surface area contributed by atoms with Crippen LogP contribution in [-0.2, 0) is 10.0 Å². The number of hydrogen-bond donors (Lipinski definition) is 2. The molecule has 0 saturated heterocycles. The van der Waals surface area contributed by atoms with Crippen molar-refractivity contribution in [1.29, 1.82) is 0 Å². The lowest BCUT2D eigenvalue weighted by Crippen LogP contribution is -2.33. The smallest absolute Gasteiger partial charge is 0.242 e. The van der Waals surface area contributed by atoms with Gasteiger partial charge in [0.2, 0.25) is 10.0 Å². The molecule has 0 bridgehead atoms. The minimum Gasteiger partial charge on any atom is -0.391 e. The maximum Gasteiger partial charge on any atom is 0.242 e. The van der Waals surface area contributed by atoms with Crippen LogP contribution >= 0.6 is 0 Å². The van der Waals surface area contributed by atoms with Gasteiger partial charge in [0.1, 0.15) is 4.90 Å². The molecule has 1 unspecified atom stereocenters. The minimum atomic E-state index is -3.67. The SMILES string of the molecule is Cc1cnc2c(S(=O)(=O)NCC(O)C3CC3)cccc2c1. The van der Waals surface area contributed by atoms with E-state index in [0.717, 1.165) is 23.8 Å². The number of pyridine rings is 1. The summed E-state index contributed by atoms with van der Waals surface area (Å²) in [4.78, 5) is 4.40. The van der Waals surface area contributed by atoms with Crippen LogP contribution in [0.1, 0.15) is 18.4 Å². The van der Waals surface area contributed by atoms with Crippen LogP contribution in [0, 0.1) is 12.8 Å². The van der Waals surface area contributed by atoms with Gasteiger partial charge in [-0.2, -0.15) is 0 Å². The number of rotatable bonds is 5. The Morgan fingerprint density at radius 3 is 2.90 bits per heavy atom. The van der Waals surface area contributed by atoms with Crippen LogP contribution in [0.15, 0.2) is 35.4 Å². The Hall–Kier alpha value is -1.50. The summed E-state index contributed by atoms with van der Waals surface area (Å²) in [6.45, 7) is 1.97. The van der Waals surface area contributed by atoms with E-state index in [2.05, 4.69) is 9.71 Å². The fraction of sp³-hybridized carbons (Fsp3) is 0.400. The summed E-state index contributed by atoms with van der Waals surface area (Å²) in [6, 6.07) is 6.99. The number of nitrogens with zero attached hydrogens (tertiary/aromatic N) is 1. The molecule has 5 nitrogen and oxygen atoms in total. The molecule has 1 aliphatic rings. The van der Waals surface area contributed by atoms with Gasteiger partial charge in [0.15, 0.2) is 0 Å². The van der Waals surface area contributed by atoms with Crippen LogP contribution in [0.3, 0.4) is 0 Å². The van der Waals surface area contributed by atoms with Crippen LogP contribution in [0.4, 0.5) is 0 Å². The molecule has 1 heterocycles. The molecule has 0 spiro atoms. The second kappa shape index (κ2) is 5.36. The highest BCUT2D eigenvalue weighted by Gasteiger charge is 2.30. The van der Waals surface area contributed by atoms with Crippen LogP contribution < -0.4 is 4.72 Å². The van der Waals surface area contributed by atoms with Gasteiger partial charge in [-0.05, 0) is 43.4 Å². The standard InChI is InChI=1S/C15H18N2O3S/c1-10-7-12-3-2-4-14(15(12)16-8-10)21(19,20)17-9-13(18)11-5-6-11/h2-4,7-8,11,13,17-18H,5-6,9H2,1H3. The van der Waals surface area contributed by atoms with E-state index in [-0.39, 0.29) is 17.4 Å². The number of aryl methyl sites for hydroxylation is 1. The van der Waals surface area contributed by atoms with Crippen molar-refractivity contribution in [3.63, 3.8) is 0 Å². The van der Waals surface area contributed by atoms with Gasteiger partial charge in [-0.1, -0.05) is 12.1 Å². The van der Waals surface area contributed by atoms with Gasteiger partial charge in [0.05, 0.1) is 11.6 Å². The third kappa shape index (κ3) is 3.07. The summed E-state index contributed by atoms with van der Waals surface area (Å²) in [7, 11) is -3.67. The van der Waals surface area contributed by atoms with E-state index in [0.29, 0.717) is 5.52 Å². The van der Waals surface area contributed by atoms with Crippen molar-refractivity contribution in [2.75, 3.05) is 6.54 Å². The average molecular weight is 306 g/mol. The zero-order chi connectivity index (χ0) is 15.0. The number of sulfonamides is 1. The highest BCUT2D eigenvalue weighted by molar-refractivity contribution is 7.89. The van der Waals surface area contributed by atoms with E-state index in [4.69, 9.17) is 0 Å². The Balaban J connectivity index is 1.90. The van der Waals surface area contributed by atoms with Crippen molar-refractivity contribution in [3.8, 4) is 0 Å². The Morgan fingerprint density at radius 2 is 2.19 bits per heavy atom. The topological polar surface area (TPSA) is 79.3 Å². The first-order valence-corrected chi connectivity index (χ1v) is 8.49. The molecule has 1 fully saturated rings. The van der Waals surface area contributed by atoms with E-state index in [9.17, 15) is 13.5 Å². The molecule has 6 heteroatoms. The molecule has 1 saturated carbocycles. The lowest BCUT2D eigenvalue weighted by atomic mass is 10.2. The zero-order valence-corrected chi connectivity index (χ0v) is 12.6. The number of hydrogen-bond acceptors (Lipinski definition) is 4. The molecule has 2 N–H and O–H groups in total. The second-order valence-corrected chi connectivity index (χ2v) is 7.33. The molecule has 1 aliphatic carbocycles. The quantitative estimate of drug-likeness (QED) is 0.879. The molecule has 0 aliphatic heterocycles. The molecule has 3 rings (SSSR count). The molecular weight excluding hydrogens is 288 g/mol. The fourth-order valence-corrected chi connectivity index (χ4v) is 3.61.